The van der Waals surface area contributed by atoms with Gasteiger partial charge in [0.1, 0.15) is 5.82 Å². The van der Waals surface area contributed by atoms with Crippen LogP contribution in [0.4, 0.5) is 0 Å². The zero-order chi connectivity index (χ0) is 16.9. The Morgan fingerprint density at radius 2 is 1.62 bits per heavy atom. The number of imidazole rings is 1. The molecule has 122 valence electrons. The second-order valence-electron chi connectivity index (χ2n) is 7.32. The molecule has 0 bridgehead atoms. The Morgan fingerprint density at radius 1 is 0.917 bits per heavy atom. The SMILES string of the molecule is CC1(C)OB(c2cccc(-c3nc4ccccc4[nH]3)c2)OC1(C)C. The van der Waals surface area contributed by atoms with Crippen LogP contribution in [0.5, 0.6) is 0 Å². The summed E-state index contributed by atoms with van der Waals surface area (Å²) in [6.45, 7) is 8.26. The monoisotopic (exact) mass is 320 g/mol. The topological polar surface area (TPSA) is 47.1 Å². The number of rotatable bonds is 2. The predicted molar refractivity (Wildman–Crippen MR) is 97.2 cm³/mol. The van der Waals surface area contributed by atoms with Crippen molar-refractivity contribution in [1.29, 1.82) is 0 Å². The van der Waals surface area contributed by atoms with E-state index in [4.69, 9.17) is 9.31 Å². The lowest BCUT2D eigenvalue weighted by molar-refractivity contribution is 0.00578. The van der Waals surface area contributed by atoms with E-state index in [2.05, 4.69) is 43.7 Å². The highest BCUT2D eigenvalue weighted by molar-refractivity contribution is 6.62. The molecule has 2 aromatic carbocycles. The Balaban J connectivity index is 1.70. The van der Waals surface area contributed by atoms with Crippen molar-refractivity contribution in [3.05, 3.63) is 48.5 Å². The van der Waals surface area contributed by atoms with Crippen LogP contribution in [0.1, 0.15) is 27.7 Å². The van der Waals surface area contributed by atoms with Crippen molar-refractivity contribution >= 4 is 23.6 Å². The quantitative estimate of drug-likeness (QED) is 0.735. The standard InChI is InChI=1S/C19H21BN2O2/c1-18(2)19(3,4)24-20(23-18)14-9-7-8-13(12-14)17-21-15-10-5-6-11-16(15)22-17/h5-12H,1-4H3,(H,21,22). The zero-order valence-corrected chi connectivity index (χ0v) is 14.5. The molecule has 1 aromatic heterocycles. The molecule has 0 atom stereocenters. The summed E-state index contributed by atoms with van der Waals surface area (Å²) in [4.78, 5) is 8.04. The second kappa shape index (κ2) is 5.20. The number of hydrogen-bond donors (Lipinski definition) is 1. The number of nitrogens with one attached hydrogen (secondary N) is 1. The van der Waals surface area contributed by atoms with Gasteiger partial charge >= 0.3 is 7.12 Å². The maximum Gasteiger partial charge on any atom is 0.494 e. The molecule has 0 saturated carbocycles. The molecule has 2 heterocycles. The Hall–Kier alpha value is -2.11. The number of nitrogens with zero attached hydrogens (tertiary/aromatic N) is 1. The molecule has 1 aliphatic heterocycles. The van der Waals surface area contributed by atoms with Gasteiger partial charge in [-0.15, -0.1) is 0 Å². The maximum atomic E-state index is 6.15. The average molecular weight is 320 g/mol. The molecule has 24 heavy (non-hydrogen) atoms. The normalized spacial score (nSPS) is 19.1. The number of benzene rings is 2. The Bertz CT molecular complexity index is 852. The van der Waals surface area contributed by atoms with E-state index in [1.165, 1.54) is 0 Å². The first-order valence-corrected chi connectivity index (χ1v) is 8.26. The fourth-order valence-electron chi connectivity index (χ4n) is 2.90. The summed E-state index contributed by atoms with van der Waals surface area (Å²) in [5.74, 6) is 0.856. The van der Waals surface area contributed by atoms with Gasteiger partial charge in [0.25, 0.3) is 0 Å². The van der Waals surface area contributed by atoms with Crippen molar-refractivity contribution in [1.82, 2.24) is 9.97 Å². The summed E-state index contributed by atoms with van der Waals surface area (Å²) in [6, 6.07) is 16.2. The van der Waals surface area contributed by atoms with Crippen LogP contribution in [0.25, 0.3) is 22.4 Å². The highest BCUT2D eigenvalue weighted by Gasteiger charge is 2.51. The minimum Gasteiger partial charge on any atom is -0.399 e. The van der Waals surface area contributed by atoms with Crippen LogP contribution < -0.4 is 5.46 Å². The molecule has 4 nitrogen and oxygen atoms in total. The lowest BCUT2D eigenvalue weighted by Crippen LogP contribution is -2.41. The Morgan fingerprint density at radius 3 is 2.33 bits per heavy atom. The van der Waals surface area contributed by atoms with Gasteiger partial charge in [-0.05, 0) is 45.3 Å². The van der Waals surface area contributed by atoms with Crippen LogP contribution in [-0.4, -0.2) is 28.3 Å². The summed E-state index contributed by atoms with van der Waals surface area (Å²) in [7, 11) is -0.362. The summed E-state index contributed by atoms with van der Waals surface area (Å²) in [6.07, 6.45) is 0. The van der Waals surface area contributed by atoms with Crippen LogP contribution in [-0.2, 0) is 9.31 Å². The van der Waals surface area contributed by atoms with Gasteiger partial charge in [-0.25, -0.2) is 4.98 Å². The molecule has 1 N–H and O–H groups in total. The lowest BCUT2D eigenvalue weighted by Gasteiger charge is -2.32. The number of hydrogen-bond acceptors (Lipinski definition) is 3. The molecule has 1 aliphatic rings. The summed E-state index contributed by atoms with van der Waals surface area (Å²) in [5.41, 5.74) is 3.35. The molecular formula is C19H21BN2O2. The van der Waals surface area contributed by atoms with Crippen LogP contribution in [0.2, 0.25) is 0 Å². The van der Waals surface area contributed by atoms with Crippen LogP contribution >= 0.6 is 0 Å². The maximum absolute atomic E-state index is 6.15. The largest absolute Gasteiger partial charge is 0.494 e. The third-order valence-corrected chi connectivity index (χ3v) is 5.07. The van der Waals surface area contributed by atoms with Crippen molar-refractivity contribution in [3.8, 4) is 11.4 Å². The predicted octanol–water partition coefficient (Wildman–Crippen LogP) is 3.53. The van der Waals surface area contributed by atoms with E-state index in [1.54, 1.807) is 0 Å². The van der Waals surface area contributed by atoms with Crippen LogP contribution in [0.15, 0.2) is 48.5 Å². The Kier molecular flexibility index (Phi) is 3.34. The first kappa shape index (κ1) is 15.4. The Labute approximate surface area is 142 Å². The van der Waals surface area contributed by atoms with Crippen molar-refractivity contribution in [2.45, 2.75) is 38.9 Å². The van der Waals surface area contributed by atoms with E-state index in [9.17, 15) is 0 Å². The molecule has 0 amide bonds. The number of para-hydroxylation sites is 2. The van der Waals surface area contributed by atoms with Gasteiger partial charge < -0.3 is 14.3 Å². The highest BCUT2D eigenvalue weighted by Crippen LogP contribution is 2.36. The minimum atomic E-state index is -0.362. The molecule has 3 aromatic rings. The number of aromatic nitrogens is 2. The summed E-state index contributed by atoms with van der Waals surface area (Å²) in [5, 5.41) is 0. The van der Waals surface area contributed by atoms with Gasteiger partial charge in [-0.1, -0.05) is 36.4 Å². The molecule has 1 fully saturated rings. The van der Waals surface area contributed by atoms with Gasteiger partial charge in [-0.2, -0.15) is 0 Å². The van der Waals surface area contributed by atoms with Crippen LogP contribution in [0, 0.1) is 0 Å². The van der Waals surface area contributed by atoms with Crippen LogP contribution in [0.3, 0.4) is 0 Å². The fraction of sp³-hybridized carbons (Fsp3) is 0.316. The van der Waals surface area contributed by atoms with E-state index < -0.39 is 0 Å². The van der Waals surface area contributed by atoms with Gasteiger partial charge in [0.05, 0.1) is 22.2 Å². The van der Waals surface area contributed by atoms with Crippen molar-refractivity contribution in [2.24, 2.45) is 0 Å². The molecule has 0 unspecified atom stereocenters. The summed E-state index contributed by atoms with van der Waals surface area (Å²) >= 11 is 0. The lowest BCUT2D eigenvalue weighted by atomic mass is 9.78. The van der Waals surface area contributed by atoms with Crippen molar-refractivity contribution in [2.75, 3.05) is 0 Å². The first-order valence-electron chi connectivity index (χ1n) is 8.26. The third-order valence-electron chi connectivity index (χ3n) is 5.07. The highest BCUT2D eigenvalue weighted by atomic mass is 16.7. The van der Waals surface area contributed by atoms with Gasteiger partial charge in [-0.3, -0.25) is 0 Å². The van der Waals surface area contributed by atoms with E-state index >= 15 is 0 Å². The number of fused-ring (bicyclic) bond motifs is 1. The number of aromatic amines is 1. The second-order valence-corrected chi connectivity index (χ2v) is 7.32. The average Bonchev–Trinajstić information content (AvgIpc) is 3.06. The van der Waals surface area contributed by atoms with Gasteiger partial charge in [0, 0.05) is 5.56 Å². The van der Waals surface area contributed by atoms with Crippen molar-refractivity contribution < 1.29 is 9.31 Å². The fourth-order valence-corrected chi connectivity index (χ4v) is 2.90. The minimum absolute atomic E-state index is 0.340. The van der Waals surface area contributed by atoms with Gasteiger partial charge in [0.2, 0.25) is 0 Å². The molecule has 5 heteroatoms. The van der Waals surface area contributed by atoms with E-state index in [-0.39, 0.29) is 18.3 Å². The molecule has 4 rings (SSSR count). The van der Waals surface area contributed by atoms with E-state index in [1.807, 2.05) is 42.5 Å². The van der Waals surface area contributed by atoms with E-state index in [0.29, 0.717) is 0 Å². The molecule has 0 aliphatic carbocycles. The molecule has 0 radical (unpaired) electrons. The van der Waals surface area contributed by atoms with Crippen molar-refractivity contribution in [3.63, 3.8) is 0 Å². The molecule has 1 saturated heterocycles. The molecule has 0 spiro atoms. The smallest absolute Gasteiger partial charge is 0.399 e. The van der Waals surface area contributed by atoms with E-state index in [0.717, 1.165) is 27.9 Å². The van der Waals surface area contributed by atoms with Gasteiger partial charge in [0.15, 0.2) is 0 Å². The number of H-pyrrole nitrogens is 1. The first-order chi connectivity index (χ1) is 11.4. The third kappa shape index (κ3) is 2.45. The molecular weight excluding hydrogens is 299 g/mol. The summed E-state index contributed by atoms with van der Waals surface area (Å²) < 4.78 is 12.3. The zero-order valence-electron chi connectivity index (χ0n) is 14.5.